The van der Waals surface area contributed by atoms with E-state index in [4.69, 9.17) is 45.9 Å². The third kappa shape index (κ3) is 45.9. The van der Waals surface area contributed by atoms with E-state index in [1.165, 1.54) is 25.7 Å². The average molecular weight is 1760 g/mol. The molecule has 0 aliphatic carbocycles. The summed E-state index contributed by atoms with van der Waals surface area (Å²) in [5.41, 5.74) is 46.3. The molecule has 1 fully saturated rings. The lowest BCUT2D eigenvalue weighted by atomic mass is 9.98. The van der Waals surface area contributed by atoms with Gasteiger partial charge in [0.25, 0.3) is 0 Å². The van der Waals surface area contributed by atoms with Crippen LogP contribution in [0, 0.1) is 29.6 Å². The van der Waals surface area contributed by atoms with Gasteiger partial charge in [-0.15, -0.1) is 0 Å². The summed E-state index contributed by atoms with van der Waals surface area (Å²) in [6, 6.07) is -18.0. The Kier molecular flexibility index (Phi) is 57.7. The summed E-state index contributed by atoms with van der Waals surface area (Å²) in [5.74, 6) is -12.0. The lowest BCUT2D eigenvalue weighted by molar-refractivity contribution is -0.143. The minimum Gasteiger partial charge on any atom is -0.368 e. The molecule has 30 N–H and O–H groups in total. The minimum atomic E-state index is -1.35. The molecule has 0 aromatic rings. The van der Waals surface area contributed by atoms with Gasteiger partial charge in [0.2, 0.25) is 94.5 Å². The van der Waals surface area contributed by atoms with Crippen molar-refractivity contribution in [2.75, 3.05) is 52.4 Å². The van der Waals surface area contributed by atoms with Crippen LogP contribution in [-0.4, -0.2) is 242 Å². The highest BCUT2D eigenvalue weighted by molar-refractivity contribution is 6.01. The zero-order valence-electron chi connectivity index (χ0n) is 76.6. The monoisotopic (exact) mass is 1760 g/mol. The van der Waals surface area contributed by atoms with Gasteiger partial charge in [-0.2, -0.15) is 0 Å². The van der Waals surface area contributed by atoms with E-state index in [0.29, 0.717) is 116 Å². The van der Waals surface area contributed by atoms with Crippen LogP contribution in [0.3, 0.4) is 0 Å². The van der Waals surface area contributed by atoms with Crippen molar-refractivity contribution in [3.8, 4) is 0 Å². The number of hydrogen-bond donors (Lipinski definition) is 22. The normalized spacial score (nSPS) is 16.1. The van der Waals surface area contributed by atoms with E-state index in [9.17, 15) is 71.9 Å². The zero-order chi connectivity index (χ0) is 93.7. The second-order valence-electron chi connectivity index (χ2n) is 35.1. The Bertz CT molecular complexity index is 3300. The van der Waals surface area contributed by atoms with Gasteiger partial charge in [-0.1, -0.05) is 69.2 Å². The van der Waals surface area contributed by atoms with Crippen molar-refractivity contribution in [1.29, 1.82) is 0 Å². The van der Waals surface area contributed by atoms with Crippen LogP contribution in [-0.2, 0) is 76.7 Å². The Hall–Kier alpha value is -8.76. The number of amides is 16. The molecule has 1 aliphatic rings. The van der Waals surface area contributed by atoms with Gasteiger partial charge in [0, 0.05) is 13.5 Å². The molecule has 0 radical (unpaired) electrons. The average Bonchev–Trinajstić information content (AvgIpc) is 1.65. The number of nitrogens with one attached hydrogen (secondary N) is 14. The van der Waals surface area contributed by atoms with Gasteiger partial charge >= 0.3 is 0 Å². The van der Waals surface area contributed by atoms with Crippen LogP contribution in [0.15, 0.2) is 0 Å². The number of likely N-dealkylation sites (tertiary alicyclic amines) is 1. The van der Waals surface area contributed by atoms with Gasteiger partial charge in [0.1, 0.15) is 90.6 Å². The number of nitrogens with zero attached hydrogens (tertiary/aromatic N) is 1. The highest BCUT2D eigenvalue weighted by Crippen LogP contribution is 2.23. The molecule has 0 aromatic carbocycles. The lowest BCUT2D eigenvalue weighted by Gasteiger charge is -2.31. The maximum Gasteiger partial charge on any atom is 0.245 e. The third-order valence-corrected chi connectivity index (χ3v) is 21.2. The molecular weight excluding hydrogens is 1600 g/mol. The van der Waals surface area contributed by atoms with Crippen LogP contribution in [0.1, 0.15) is 270 Å². The first-order chi connectivity index (χ1) is 58.6. The molecule has 15 atom stereocenters. The predicted molar refractivity (Wildman–Crippen MR) is 476 cm³/mol. The van der Waals surface area contributed by atoms with Crippen molar-refractivity contribution < 1.29 is 76.7 Å². The molecule has 16 amide bonds. The summed E-state index contributed by atoms with van der Waals surface area (Å²) < 4.78 is 0. The van der Waals surface area contributed by atoms with E-state index >= 15 is 4.79 Å². The van der Waals surface area contributed by atoms with Crippen LogP contribution in [0.4, 0.5) is 0 Å². The van der Waals surface area contributed by atoms with E-state index < -0.39 is 185 Å². The van der Waals surface area contributed by atoms with Crippen LogP contribution in [0.5, 0.6) is 0 Å². The van der Waals surface area contributed by atoms with Crippen LogP contribution < -0.4 is 120 Å². The molecule has 1 rings (SSSR count). The summed E-state index contributed by atoms with van der Waals surface area (Å²) in [6.45, 7) is 24.5. The van der Waals surface area contributed by atoms with Crippen molar-refractivity contribution in [2.24, 2.45) is 75.5 Å². The molecule has 1 aliphatic heterocycles. The molecule has 0 aromatic heterocycles. The first kappa shape index (κ1) is 113. The molecule has 1 heterocycles. The summed E-state index contributed by atoms with van der Waals surface area (Å²) >= 11 is 0. The van der Waals surface area contributed by atoms with Crippen molar-refractivity contribution in [3.05, 3.63) is 0 Å². The Morgan fingerprint density at radius 3 is 0.750 bits per heavy atom. The molecule has 1 saturated heterocycles. The van der Waals surface area contributed by atoms with Gasteiger partial charge in [0.05, 0.1) is 0 Å². The molecule has 39 heteroatoms. The molecule has 124 heavy (non-hydrogen) atoms. The van der Waals surface area contributed by atoms with Gasteiger partial charge in [0.15, 0.2) is 0 Å². The standard InChI is InChI=1S/C85H161N23O16/c1-50(2)45-65(104-77(116)62(33-18-25-41-90)100-81(120)66(46-51(3)4)103-73(112)56(12)94-74(113)60(31-16-23-39-88)99-75(114)59(96-57(13)109)30-15-22-38-87)79(118)95-55(11)72(111)98-61(32-17-24-40-89)76(115)102-64(35-20-27-43-92)85(124)108-44-28-36-70(108)84(123)107-69(49-54(9)10)82(121)101-63(34-19-26-42-91)78(117)105-68(48-53(7)8)83(122)106-67(47-52(5)6)80(119)97-58(71(93)110)29-14-21-37-86/h50-56,58-70H,14-49,86-92H2,1-13H3,(H2,93,110)(H,94,113)(H,95,118)(H,96,109)(H,97,119)(H,98,111)(H,99,114)(H,100,120)(H,101,121)(H,102,115)(H,103,112)(H,104,116)(H,105,117)(H,106,122)(H,107,123)/t55-,56-,58-,59-,60-,61-,62-,63-,64-,65-,66-,67-,68-,69-,70-/m0/s1. The molecule has 712 valence electrons. The van der Waals surface area contributed by atoms with E-state index in [1.54, 1.807) is 13.8 Å². The molecule has 0 bridgehead atoms. The molecule has 0 saturated carbocycles. The Morgan fingerprint density at radius 2 is 0.476 bits per heavy atom. The Labute approximate surface area is 735 Å². The summed E-state index contributed by atoms with van der Waals surface area (Å²) in [4.78, 5) is 227. The highest BCUT2D eigenvalue weighted by Gasteiger charge is 2.42. The highest BCUT2D eigenvalue weighted by atomic mass is 16.2. The molecule has 0 spiro atoms. The van der Waals surface area contributed by atoms with Crippen molar-refractivity contribution in [1.82, 2.24) is 79.3 Å². The number of nitrogens with two attached hydrogens (primary N) is 8. The van der Waals surface area contributed by atoms with Crippen molar-refractivity contribution in [2.45, 2.75) is 360 Å². The SMILES string of the molecule is CC(=O)N[C@@H](CCCCN)C(=O)N[C@@H](CCCCN)C(=O)N[C@@H](C)C(=O)N[C@@H](CC(C)C)C(=O)N[C@@H](CCCCN)C(=O)N[C@@H](CC(C)C)C(=O)N[C@@H](C)C(=O)N[C@@H](CCCCN)C(=O)N[C@@H](CCCCN)C(=O)N1CCC[C@H]1C(=O)N[C@@H](CC(C)C)C(=O)N[C@@H](CCCCN)C(=O)N[C@@H](CC(C)C)C(=O)N[C@@H](CC(C)C)C(=O)N[C@@H](CCCCN)C(N)=O. The molecular formula is C85H161N23O16. The summed E-state index contributed by atoms with van der Waals surface area (Å²) in [5, 5.41) is 38.5. The number of carbonyl (C=O) groups excluding carboxylic acids is 16. The second kappa shape index (κ2) is 63.2. The fourth-order valence-electron chi connectivity index (χ4n) is 14.4. The zero-order valence-corrected chi connectivity index (χ0v) is 76.6. The molecule has 0 unspecified atom stereocenters. The minimum absolute atomic E-state index is 0.0332. The van der Waals surface area contributed by atoms with Gasteiger partial charge in [-0.3, -0.25) is 76.7 Å². The van der Waals surface area contributed by atoms with E-state index in [2.05, 4.69) is 74.4 Å². The Balaban J connectivity index is 3.59. The number of primary amides is 1. The van der Waals surface area contributed by atoms with Gasteiger partial charge < -0.3 is 125 Å². The topological polar surface area (TPSA) is 653 Å². The van der Waals surface area contributed by atoms with Crippen LogP contribution in [0.2, 0.25) is 0 Å². The van der Waals surface area contributed by atoms with E-state index in [0.717, 1.165) is 0 Å². The maximum absolute atomic E-state index is 15.0. The number of carbonyl (C=O) groups is 16. The Morgan fingerprint density at radius 1 is 0.266 bits per heavy atom. The van der Waals surface area contributed by atoms with Gasteiger partial charge in [-0.05, 0) is 269 Å². The van der Waals surface area contributed by atoms with E-state index in [1.807, 2.05) is 55.4 Å². The largest absolute Gasteiger partial charge is 0.368 e. The summed E-state index contributed by atoms with van der Waals surface area (Å²) in [7, 11) is 0. The summed E-state index contributed by atoms with van der Waals surface area (Å²) in [6.07, 6.45) is 8.37. The smallest absolute Gasteiger partial charge is 0.245 e. The lowest BCUT2D eigenvalue weighted by Crippen LogP contribution is -2.60. The predicted octanol–water partition coefficient (Wildman–Crippen LogP) is -1.56. The van der Waals surface area contributed by atoms with E-state index in [-0.39, 0.29) is 146 Å². The van der Waals surface area contributed by atoms with Crippen molar-refractivity contribution >= 4 is 94.5 Å². The van der Waals surface area contributed by atoms with Crippen LogP contribution in [0.25, 0.3) is 0 Å². The number of hydrogen-bond acceptors (Lipinski definition) is 23. The molecule has 39 nitrogen and oxygen atoms in total. The number of rotatable bonds is 67. The van der Waals surface area contributed by atoms with Crippen LogP contribution >= 0.6 is 0 Å². The quantitative estimate of drug-likeness (QED) is 0.0306. The fraction of sp³-hybridized carbons (Fsp3) is 0.812. The third-order valence-electron chi connectivity index (χ3n) is 21.2. The first-order valence-corrected chi connectivity index (χ1v) is 45.4. The first-order valence-electron chi connectivity index (χ1n) is 45.4. The van der Waals surface area contributed by atoms with Gasteiger partial charge in [-0.25, -0.2) is 0 Å². The second-order valence-corrected chi connectivity index (χ2v) is 35.1. The number of unbranched alkanes of at least 4 members (excludes halogenated alkanes) is 7. The maximum atomic E-state index is 15.0. The fourth-order valence-corrected chi connectivity index (χ4v) is 14.4. The van der Waals surface area contributed by atoms with Crippen molar-refractivity contribution in [3.63, 3.8) is 0 Å².